The molecule has 2 rings (SSSR count). The zero-order chi connectivity index (χ0) is 13.8. The van der Waals surface area contributed by atoms with Crippen LogP contribution < -0.4 is 5.32 Å². The lowest BCUT2D eigenvalue weighted by atomic mass is 10.1. The van der Waals surface area contributed by atoms with Crippen LogP contribution in [0.4, 0.5) is 5.82 Å². The summed E-state index contributed by atoms with van der Waals surface area (Å²) in [6, 6.07) is 0.127. The molecule has 7 nitrogen and oxygen atoms in total. The van der Waals surface area contributed by atoms with Gasteiger partial charge in [0, 0.05) is 20.2 Å². The first-order valence-electron chi connectivity index (χ1n) is 6.20. The molecule has 19 heavy (non-hydrogen) atoms. The smallest absolute Gasteiger partial charge is 0.165 e. The summed E-state index contributed by atoms with van der Waals surface area (Å²) in [4.78, 5) is 12.7. The quantitative estimate of drug-likeness (QED) is 0.804. The topological polar surface area (TPSA) is 85.1 Å². The number of fused-ring (bicyclic) bond motifs is 1. The van der Waals surface area contributed by atoms with Gasteiger partial charge in [0.25, 0.3) is 0 Å². The van der Waals surface area contributed by atoms with Crippen LogP contribution in [-0.2, 0) is 4.74 Å². The van der Waals surface area contributed by atoms with E-state index >= 15 is 0 Å². The monoisotopic (exact) mass is 265 g/mol. The molecule has 0 spiro atoms. The maximum atomic E-state index is 9.18. The molecular weight excluding hydrogens is 246 g/mol. The van der Waals surface area contributed by atoms with Gasteiger partial charge in [-0.2, -0.15) is 0 Å². The van der Waals surface area contributed by atoms with Gasteiger partial charge in [-0.15, -0.1) is 0 Å². The van der Waals surface area contributed by atoms with Crippen molar-refractivity contribution in [2.24, 2.45) is 0 Å². The average Bonchev–Trinajstić information content (AvgIpc) is 2.88. The summed E-state index contributed by atoms with van der Waals surface area (Å²) in [5.74, 6) is 0.710. The van der Waals surface area contributed by atoms with E-state index < -0.39 is 0 Å². The third kappa shape index (κ3) is 2.66. The van der Waals surface area contributed by atoms with Crippen LogP contribution in [0.1, 0.15) is 19.4 Å². The van der Waals surface area contributed by atoms with Crippen molar-refractivity contribution in [3.8, 4) is 0 Å². The van der Waals surface area contributed by atoms with Gasteiger partial charge in [-0.25, -0.2) is 15.0 Å². The molecule has 0 aliphatic rings. The summed E-state index contributed by atoms with van der Waals surface area (Å²) in [6.45, 7) is 2.05. The van der Waals surface area contributed by atoms with Crippen LogP contribution in [0.15, 0.2) is 12.7 Å². The molecule has 0 saturated carbocycles. The first-order valence-corrected chi connectivity index (χ1v) is 6.20. The fourth-order valence-corrected chi connectivity index (χ4v) is 2.10. The van der Waals surface area contributed by atoms with Gasteiger partial charge >= 0.3 is 0 Å². The molecule has 0 amide bonds. The van der Waals surface area contributed by atoms with Crippen molar-refractivity contribution in [3.63, 3.8) is 0 Å². The number of aliphatic hydroxyl groups excluding tert-OH is 1. The third-order valence-electron chi connectivity index (χ3n) is 3.21. The predicted molar refractivity (Wildman–Crippen MR) is 72.1 cm³/mol. The van der Waals surface area contributed by atoms with Gasteiger partial charge < -0.3 is 19.7 Å². The van der Waals surface area contributed by atoms with E-state index in [-0.39, 0.29) is 18.8 Å². The molecule has 2 atom stereocenters. The summed E-state index contributed by atoms with van der Waals surface area (Å²) >= 11 is 0. The molecule has 7 heteroatoms. The Morgan fingerprint density at radius 1 is 1.42 bits per heavy atom. The lowest BCUT2D eigenvalue weighted by molar-refractivity contribution is 0.0348. The van der Waals surface area contributed by atoms with Gasteiger partial charge in [0.1, 0.15) is 11.8 Å². The predicted octanol–water partition coefficient (Wildman–Crippen LogP) is 0.826. The van der Waals surface area contributed by atoms with Gasteiger partial charge in [-0.3, -0.25) is 0 Å². The molecule has 0 aliphatic heterocycles. The van der Waals surface area contributed by atoms with E-state index in [1.807, 2.05) is 11.5 Å². The number of aliphatic hydroxyl groups is 1. The molecule has 0 aliphatic carbocycles. The molecule has 2 aromatic rings. The number of methoxy groups -OCH3 is 1. The summed E-state index contributed by atoms with van der Waals surface area (Å²) < 4.78 is 7.17. The number of ether oxygens (including phenoxy) is 1. The van der Waals surface area contributed by atoms with Gasteiger partial charge in [0.2, 0.25) is 0 Å². The largest absolute Gasteiger partial charge is 0.394 e. The zero-order valence-corrected chi connectivity index (χ0v) is 11.4. The Hall–Kier alpha value is -1.73. The van der Waals surface area contributed by atoms with Crippen molar-refractivity contribution in [1.82, 2.24) is 19.5 Å². The number of nitrogens with one attached hydrogen (secondary N) is 1. The van der Waals surface area contributed by atoms with Gasteiger partial charge in [-0.05, 0) is 13.3 Å². The summed E-state index contributed by atoms with van der Waals surface area (Å²) in [5, 5.41) is 12.2. The molecular formula is C12H19N5O2. The third-order valence-corrected chi connectivity index (χ3v) is 3.21. The first kappa shape index (κ1) is 13.7. The van der Waals surface area contributed by atoms with Crippen molar-refractivity contribution in [3.05, 3.63) is 12.7 Å². The fraction of sp³-hybridized carbons (Fsp3) is 0.583. The molecule has 2 N–H and O–H groups in total. The number of imidazole rings is 1. The molecule has 2 unspecified atom stereocenters. The fourth-order valence-electron chi connectivity index (χ4n) is 2.10. The number of hydrogen-bond donors (Lipinski definition) is 2. The summed E-state index contributed by atoms with van der Waals surface area (Å²) in [6.07, 6.45) is 3.77. The average molecular weight is 265 g/mol. The lowest BCUT2D eigenvalue weighted by Crippen LogP contribution is -2.20. The van der Waals surface area contributed by atoms with Crippen LogP contribution in [-0.4, -0.2) is 51.5 Å². The molecule has 0 fully saturated rings. The standard InChI is InChI=1S/C12H19N5O2/c1-8(4-9(5-18)19-3)17-7-16-10-11(13-2)14-6-15-12(10)17/h6-9,18H,4-5H2,1-3H3,(H,13,14,15). The summed E-state index contributed by atoms with van der Waals surface area (Å²) in [5.41, 5.74) is 1.52. The van der Waals surface area contributed by atoms with E-state index in [1.54, 1.807) is 20.5 Å². The maximum absolute atomic E-state index is 9.18. The van der Waals surface area contributed by atoms with E-state index in [0.717, 1.165) is 11.2 Å². The van der Waals surface area contributed by atoms with E-state index in [1.165, 1.54) is 6.33 Å². The van der Waals surface area contributed by atoms with E-state index in [4.69, 9.17) is 4.74 Å². The highest BCUT2D eigenvalue weighted by Gasteiger charge is 2.17. The maximum Gasteiger partial charge on any atom is 0.165 e. The van der Waals surface area contributed by atoms with Crippen molar-refractivity contribution < 1.29 is 9.84 Å². The Morgan fingerprint density at radius 2 is 2.21 bits per heavy atom. The molecule has 104 valence electrons. The second kappa shape index (κ2) is 5.94. The second-order valence-corrected chi connectivity index (χ2v) is 4.42. The van der Waals surface area contributed by atoms with Crippen molar-refractivity contribution in [2.45, 2.75) is 25.5 Å². The van der Waals surface area contributed by atoms with E-state index in [9.17, 15) is 5.11 Å². The zero-order valence-electron chi connectivity index (χ0n) is 11.4. The van der Waals surface area contributed by atoms with Crippen LogP contribution in [0.5, 0.6) is 0 Å². The van der Waals surface area contributed by atoms with Crippen LogP contribution in [0.25, 0.3) is 11.2 Å². The molecule has 0 saturated heterocycles. The van der Waals surface area contributed by atoms with Crippen LogP contribution in [0.3, 0.4) is 0 Å². The lowest BCUT2D eigenvalue weighted by Gasteiger charge is -2.19. The van der Waals surface area contributed by atoms with Gasteiger partial charge in [-0.1, -0.05) is 0 Å². The number of anilines is 1. The first-order chi connectivity index (χ1) is 9.21. The Kier molecular flexibility index (Phi) is 4.28. The highest BCUT2D eigenvalue weighted by molar-refractivity contribution is 5.82. The molecule has 2 heterocycles. The SMILES string of the molecule is CNc1ncnc2c1ncn2C(C)CC(CO)OC. The number of aromatic nitrogens is 4. The van der Waals surface area contributed by atoms with Crippen LogP contribution in [0, 0.1) is 0 Å². The number of rotatable bonds is 6. The Morgan fingerprint density at radius 3 is 2.84 bits per heavy atom. The van der Waals surface area contributed by atoms with Crippen molar-refractivity contribution >= 4 is 17.0 Å². The normalized spacial score (nSPS) is 14.5. The van der Waals surface area contributed by atoms with Crippen molar-refractivity contribution in [1.29, 1.82) is 0 Å². The number of hydrogen-bond acceptors (Lipinski definition) is 6. The Labute approximate surface area is 111 Å². The minimum Gasteiger partial charge on any atom is -0.394 e. The molecule has 2 aromatic heterocycles. The summed E-state index contributed by atoms with van der Waals surface area (Å²) in [7, 11) is 3.40. The Balaban J connectivity index is 2.30. The van der Waals surface area contributed by atoms with E-state index in [2.05, 4.69) is 20.3 Å². The van der Waals surface area contributed by atoms with Gasteiger partial charge in [0.05, 0.1) is 19.0 Å². The molecule has 0 aromatic carbocycles. The van der Waals surface area contributed by atoms with Gasteiger partial charge in [0.15, 0.2) is 11.5 Å². The molecule has 0 radical (unpaired) electrons. The number of nitrogens with zero attached hydrogens (tertiary/aromatic N) is 4. The van der Waals surface area contributed by atoms with Crippen LogP contribution >= 0.6 is 0 Å². The minimum absolute atomic E-state index is 0.00419. The molecule has 0 bridgehead atoms. The minimum atomic E-state index is -0.182. The van der Waals surface area contributed by atoms with Crippen molar-refractivity contribution in [2.75, 3.05) is 26.1 Å². The van der Waals surface area contributed by atoms with E-state index in [0.29, 0.717) is 12.2 Å². The Bertz CT molecular complexity index is 538. The van der Waals surface area contributed by atoms with Crippen LogP contribution in [0.2, 0.25) is 0 Å². The highest BCUT2D eigenvalue weighted by Crippen LogP contribution is 2.22. The highest BCUT2D eigenvalue weighted by atomic mass is 16.5. The second-order valence-electron chi connectivity index (χ2n) is 4.42.